The van der Waals surface area contributed by atoms with Gasteiger partial charge in [-0.1, -0.05) is 74.0 Å². The van der Waals surface area contributed by atoms with E-state index in [-0.39, 0.29) is 39.8 Å². The second kappa shape index (κ2) is 12.1. The molecular weight excluding hydrogens is 572 g/mol. The second-order valence-corrected chi connectivity index (χ2v) is 18.1. The predicted molar refractivity (Wildman–Crippen MR) is 173 cm³/mol. The molecule has 45 heavy (non-hydrogen) atoms. The van der Waals surface area contributed by atoms with Crippen LogP contribution in [0.15, 0.2) is 11.6 Å². The van der Waals surface area contributed by atoms with Gasteiger partial charge in [-0.25, -0.2) is 0 Å². The second-order valence-electron chi connectivity index (χ2n) is 18.1. The molecule has 0 aromatic heterocycles. The van der Waals surface area contributed by atoms with Gasteiger partial charge in [-0.15, -0.1) is 0 Å². The molecule has 0 aromatic carbocycles. The minimum Gasteiger partial charge on any atom is -0.394 e. The molecule has 5 aliphatic rings. The summed E-state index contributed by atoms with van der Waals surface area (Å²) in [7, 11) is 0. The van der Waals surface area contributed by atoms with E-state index in [9.17, 15) is 30.6 Å². The van der Waals surface area contributed by atoms with Crippen LogP contribution in [0.1, 0.15) is 114 Å². The van der Waals surface area contributed by atoms with E-state index in [0.717, 1.165) is 38.5 Å². The Morgan fingerprint density at radius 3 is 2.22 bits per heavy atom. The lowest BCUT2D eigenvalue weighted by Crippen LogP contribution is -2.65. The standard InChI is InChI=1S/C37H64O8/c1-20(10-14-26(39)33(2,3)4)21-16-17-35(7)25-13-11-22-23(37(25,9)27(40)18-36(21,35)8)12-15-28(34(22,5)6)45-32-31(43)30(42)29(41)24(19-38)44-32/h11,20-21,23-32,38-43H,10,12-19H2,1-9H3. The highest BCUT2D eigenvalue weighted by Crippen LogP contribution is 2.75. The smallest absolute Gasteiger partial charge is 0.187 e. The van der Waals surface area contributed by atoms with E-state index in [0.29, 0.717) is 24.2 Å². The normalized spacial score (nSPS) is 49.4. The first-order chi connectivity index (χ1) is 20.7. The van der Waals surface area contributed by atoms with Crippen molar-refractivity contribution in [3.05, 3.63) is 11.6 Å². The third-order valence-electron chi connectivity index (χ3n) is 14.6. The van der Waals surface area contributed by atoms with Crippen LogP contribution >= 0.6 is 0 Å². The zero-order valence-electron chi connectivity index (χ0n) is 29.4. The van der Waals surface area contributed by atoms with Crippen LogP contribution in [0, 0.1) is 50.7 Å². The van der Waals surface area contributed by atoms with E-state index in [1.807, 2.05) is 0 Å². The Morgan fingerprint density at radius 2 is 1.60 bits per heavy atom. The van der Waals surface area contributed by atoms with E-state index < -0.39 is 48.8 Å². The molecule has 6 N–H and O–H groups in total. The summed E-state index contributed by atoms with van der Waals surface area (Å²) in [4.78, 5) is 0. The van der Waals surface area contributed by atoms with Crippen LogP contribution in [0.5, 0.6) is 0 Å². The van der Waals surface area contributed by atoms with Gasteiger partial charge in [0.15, 0.2) is 6.29 Å². The van der Waals surface area contributed by atoms with Crippen molar-refractivity contribution >= 4 is 0 Å². The van der Waals surface area contributed by atoms with Crippen LogP contribution in [0.3, 0.4) is 0 Å². The van der Waals surface area contributed by atoms with E-state index in [1.54, 1.807) is 0 Å². The molecule has 1 aliphatic heterocycles. The largest absolute Gasteiger partial charge is 0.394 e. The van der Waals surface area contributed by atoms with Gasteiger partial charge < -0.3 is 40.1 Å². The molecule has 5 rings (SSSR count). The SMILES string of the molecule is CC(CCC(O)C(C)(C)C)C1CCC2(C)C3CC=C4C(CCC(OC5OC(CO)C(O)C(O)C5O)C4(C)C)C3(C)C(O)CC12C. The molecule has 15 unspecified atom stereocenters. The number of aliphatic hydroxyl groups is 6. The summed E-state index contributed by atoms with van der Waals surface area (Å²) in [6.45, 7) is 19.9. The molecule has 260 valence electrons. The summed E-state index contributed by atoms with van der Waals surface area (Å²) >= 11 is 0. The van der Waals surface area contributed by atoms with Crippen molar-refractivity contribution in [1.82, 2.24) is 0 Å². The van der Waals surface area contributed by atoms with Crippen LogP contribution in [0.25, 0.3) is 0 Å². The average molecular weight is 637 g/mol. The lowest BCUT2D eigenvalue weighted by atomic mass is 9.38. The summed E-state index contributed by atoms with van der Waals surface area (Å²) < 4.78 is 12.1. The van der Waals surface area contributed by atoms with Gasteiger partial charge in [0.05, 0.1) is 24.9 Å². The number of rotatable bonds is 7. The number of aliphatic hydroxyl groups excluding tert-OH is 6. The number of allylic oxidation sites excluding steroid dienone is 1. The maximum atomic E-state index is 12.3. The highest BCUT2D eigenvalue weighted by atomic mass is 16.7. The monoisotopic (exact) mass is 636 g/mol. The van der Waals surface area contributed by atoms with Gasteiger partial charge in [0.1, 0.15) is 24.4 Å². The highest BCUT2D eigenvalue weighted by Gasteiger charge is 2.70. The van der Waals surface area contributed by atoms with Crippen LogP contribution < -0.4 is 0 Å². The van der Waals surface area contributed by atoms with Gasteiger partial charge in [-0.3, -0.25) is 0 Å². The van der Waals surface area contributed by atoms with Crippen LogP contribution in [0.2, 0.25) is 0 Å². The lowest BCUT2D eigenvalue weighted by molar-refractivity contribution is -0.320. The fourth-order valence-corrected chi connectivity index (χ4v) is 11.3. The third kappa shape index (κ3) is 5.50. The maximum absolute atomic E-state index is 12.3. The first-order valence-corrected chi connectivity index (χ1v) is 17.8. The molecule has 0 bridgehead atoms. The fourth-order valence-electron chi connectivity index (χ4n) is 11.3. The fraction of sp³-hybridized carbons (Fsp3) is 0.946. The van der Waals surface area contributed by atoms with Gasteiger partial charge >= 0.3 is 0 Å². The molecule has 1 saturated heterocycles. The Labute approximate surface area is 271 Å². The summed E-state index contributed by atoms with van der Waals surface area (Å²) in [6, 6.07) is 0. The first kappa shape index (κ1) is 35.7. The molecule has 8 heteroatoms. The van der Waals surface area contributed by atoms with Gasteiger partial charge in [0.2, 0.25) is 0 Å². The third-order valence-corrected chi connectivity index (χ3v) is 14.6. The van der Waals surface area contributed by atoms with Gasteiger partial charge in [0, 0.05) is 10.8 Å². The first-order valence-electron chi connectivity index (χ1n) is 17.8. The van der Waals surface area contributed by atoms with Crippen molar-refractivity contribution in [2.75, 3.05) is 6.61 Å². The van der Waals surface area contributed by atoms with Crippen molar-refractivity contribution in [1.29, 1.82) is 0 Å². The van der Waals surface area contributed by atoms with E-state index >= 15 is 0 Å². The molecule has 4 aliphatic carbocycles. The van der Waals surface area contributed by atoms with Crippen molar-refractivity contribution in [3.63, 3.8) is 0 Å². The Morgan fingerprint density at radius 1 is 0.933 bits per heavy atom. The summed E-state index contributed by atoms with van der Waals surface area (Å²) in [5, 5.41) is 64.0. The Bertz CT molecular complexity index is 1100. The minimum atomic E-state index is -1.47. The molecule has 15 atom stereocenters. The van der Waals surface area contributed by atoms with Crippen molar-refractivity contribution in [2.24, 2.45) is 50.7 Å². The summed E-state index contributed by atoms with van der Waals surface area (Å²) in [5.74, 6) is 1.55. The molecule has 8 nitrogen and oxygen atoms in total. The molecular formula is C37H64O8. The summed E-state index contributed by atoms with van der Waals surface area (Å²) in [6.07, 6.45) is 2.32. The Balaban J connectivity index is 1.37. The van der Waals surface area contributed by atoms with Gasteiger partial charge in [-0.05, 0) is 91.3 Å². The average Bonchev–Trinajstić information content (AvgIpc) is 3.23. The van der Waals surface area contributed by atoms with Crippen LogP contribution in [0.4, 0.5) is 0 Å². The molecule has 3 saturated carbocycles. The number of fused-ring (bicyclic) bond motifs is 5. The molecule has 0 spiro atoms. The molecule has 0 amide bonds. The van der Waals surface area contributed by atoms with Gasteiger partial charge in [-0.2, -0.15) is 0 Å². The van der Waals surface area contributed by atoms with E-state index in [1.165, 1.54) is 12.0 Å². The van der Waals surface area contributed by atoms with E-state index in [2.05, 4.69) is 68.4 Å². The molecule has 4 fully saturated rings. The Hall–Kier alpha value is -0.580. The molecule has 0 radical (unpaired) electrons. The van der Waals surface area contributed by atoms with Crippen molar-refractivity contribution < 1.29 is 40.1 Å². The topological polar surface area (TPSA) is 140 Å². The zero-order chi connectivity index (χ0) is 33.5. The molecule has 1 heterocycles. The number of hydrogen-bond donors (Lipinski definition) is 6. The van der Waals surface area contributed by atoms with Crippen LogP contribution in [-0.2, 0) is 9.47 Å². The lowest BCUT2D eigenvalue weighted by Gasteiger charge is -2.67. The van der Waals surface area contributed by atoms with Crippen molar-refractivity contribution in [2.45, 2.75) is 163 Å². The maximum Gasteiger partial charge on any atom is 0.187 e. The quantitative estimate of drug-likeness (QED) is 0.224. The molecule has 0 aromatic rings. The van der Waals surface area contributed by atoms with E-state index in [4.69, 9.17) is 9.47 Å². The highest BCUT2D eigenvalue weighted by molar-refractivity contribution is 5.31. The predicted octanol–water partition coefficient (Wildman–Crippen LogP) is 4.57. The number of hydrogen-bond acceptors (Lipinski definition) is 8. The van der Waals surface area contributed by atoms with Crippen LogP contribution in [-0.4, -0.2) is 86.3 Å². The summed E-state index contributed by atoms with van der Waals surface area (Å²) in [5.41, 5.74) is 0.621. The Kier molecular flexibility index (Phi) is 9.59. The minimum absolute atomic E-state index is 0.0208. The number of ether oxygens (including phenoxy) is 2. The zero-order valence-corrected chi connectivity index (χ0v) is 29.4. The van der Waals surface area contributed by atoms with Crippen molar-refractivity contribution in [3.8, 4) is 0 Å². The van der Waals surface area contributed by atoms with Gasteiger partial charge in [0.25, 0.3) is 0 Å².